The lowest BCUT2D eigenvalue weighted by Gasteiger charge is -2.27. The molecule has 0 radical (unpaired) electrons. The van der Waals surface area contributed by atoms with Gasteiger partial charge in [-0.2, -0.15) is 0 Å². The number of rotatable bonds is 6. The van der Waals surface area contributed by atoms with Crippen LogP contribution >= 0.6 is 11.3 Å². The lowest BCUT2D eigenvalue weighted by molar-refractivity contribution is -0.120. The zero-order chi connectivity index (χ0) is 17.1. The summed E-state index contributed by atoms with van der Waals surface area (Å²) in [4.78, 5) is 20.4. The number of nitrogens with zero attached hydrogens (tertiary/aromatic N) is 3. The summed E-state index contributed by atoms with van der Waals surface area (Å²) in [5.74, 6) is 0.900. The number of aromatic nitrogens is 1. The van der Waals surface area contributed by atoms with E-state index in [1.807, 2.05) is 29.6 Å². The van der Waals surface area contributed by atoms with E-state index in [0.29, 0.717) is 11.7 Å². The second kappa shape index (κ2) is 7.15. The number of thiazole rings is 1. The molecule has 1 aromatic carbocycles. The molecular weight excluding hydrogens is 322 g/mol. The van der Waals surface area contributed by atoms with Crippen LogP contribution in [0.5, 0.6) is 0 Å². The zero-order valence-electron chi connectivity index (χ0n) is 14.1. The third-order valence-electron chi connectivity index (χ3n) is 4.23. The van der Waals surface area contributed by atoms with Gasteiger partial charge in [0.1, 0.15) is 11.3 Å². The van der Waals surface area contributed by atoms with Crippen molar-refractivity contribution in [3.63, 3.8) is 0 Å². The van der Waals surface area contributed by atoms with E-state index in [-0.39, 0.29) is 11.9 Å². The van der Waals surface area contributed by atoms with Gasteiger partial charge in [-0.3, -0.25) is 14.6 Å². The summed E-state index contributed by atoms with van der Waals surface area (Å²) in [7, 11) is 1.76. The standard InChI is InChI=1S/C18H21N3O2S/c1-4-21(12-17(22)20(3)18-19-9-10-24-18)13(2)16-11-14-7-5-6-8-15(14)23-16/h5-11,13H,4,12H2,1-3H3. The number of anilines is 1. The van der Waals surface area contributed by atoms with E-state index in [0.717, 1.165) is 23.3 Å². The van der Waals surface area contributed by atoms with Gasteiger partial charge in [-0.1, -0.05) is 25.1 Å². The second-order valence-electron chi connectivity index (χ2n) is 5.69. The Hall–Kier alpha value is -2.18. The molecule has 3 rings (SSSR count). The van der Waals surface area contributed by atoms with E-state index in [2.05, 4.69) is 29.8 Å². The number of amides is 1. The highest BCUT2D eigenvalue weighted by atomic mass is 32.1. The second-order valence-corrected chi connectivity index (χ2v) is 6.57. The van der Waals surface area contributed by atoms with Crippen LogP contribution in [0.15, 0.2) is 46.3 Å². The van der Waals surface area contributed by atoms with Crippen LogP contribution in [0.2, 0.25) is 0 Å². The average molecular weight is 343 g/mol. The number of benzene rings is 1. The van der Waals surface area contributed by atoms with E-state index >= 15 is 0 Å². The highest BCUT2D eigenvalue weighted by Gasteiger charge is 2.23. The third kappa shape index (κ3) is 3.34. The molecule has 0 aliphatic carbocycles. The molecule has 0 N–H and O–H groups in total. The molecule has 0 saturated carbocycles. The zero-order valence-corrected chi connectivity index (χ0v) is 14.9. The van der Waals surface area contributed by atoms with Crippen molar-refractivity contribution in [2.75, 3.05) is 25.0 Å². The fourth-order valence-electron chi connectivity index (χ4n) is 2.68. The van der Waals surface area contributed by atoms with E-state index in [4.69, 9.17) is 4.42 Å². The van der Waals surface area contributed by atoms with Crippen LogP contribution in [0, 0.1) is 0 Å². The highest BCUT2D eigenvalue weighted by molar-refractivity contribution is 7.13. The van der Waals surface area contributed by atoms with Crippen molar-refractivity contribution in [2.24, 2.45) is 0 Å². The maximum absolute atomic E-state index is 12.5. The van der Waals surface area contributed by atoms with Crippen molar-refractivity contribution in [1.29, 1.82) is 0 Å². The summed E-state index contributed by atoms with van der Waals surface area (Å²) < 4.78 is 5.95. The summed E-state index contributed by atoms with van der Waals surface area (Å²) in [5.41, 5.74) is 0.877. The number of hydrogen-bond donors (Lipinski definition) is 0. The quantitative estimate of drug-likeness (QED) is 0.680. The summed E-state index contributed by atoms with van der Waals surface area (Å²) in [5, 5.41) is 3.67. The van der Waals surface area contributed by atoms with Gasteiger partial charge in [0.05, 0.1) is 12.6 Å². The minimum atomic E-state index is 0.0229. The van der Waals surface area contributed by atoms with Crippen molar-refractivity contribution < 1.29 is 9.21 Å². The van der Waals surface area contributed by atoms with E-state index < -0.39 is 0 Å². The van der Waals surface area contributed by atoms with Crippen LogP contribution in [-0.2, 0) is 4.79 Å². The molecule has 0 aliphatic rings. The summed E-state index contributed by atoms with van der Waals surface area (Å²) in [6.45, 7) is 5.20. The Labute approximate surface area is 145 Å². The molecule has 0 saturated heterocycles. The number of likely N-dealkylation sites (N-methyl/N-ethyl adjacent to an activating group) is 2. The van der Waals surface area contributed by atoms with Crippen LogP contribution in [0.1, 0.15) is 25.6 Å². The number of fused-ring (bicyclic) bond motifs is 1. The van der Waals surface area contributed by atoms with Crippen molar-refractivity contribution in [3.05, 3.63) is 47.7 Å². The van der Waals surface area contributed by atoms with Gasteiger partial charge in [-0.15, -0.1) is 11.3 Å². The van der Waals surface area contributed by atoms with Crippen LogP contribution in [0.3, 0.4) is 0 Å². The molecule has 1 unspecified atom stereocenters. The fourth-order valence-corrected chi connectivity index (χ4v) is 3.30. The van der Waals surface area contributed by atoms with E-state index in [1.54, 1.807) is 18.1 Å². The van der Waals surface area contributed by atoms with Crippen molar-refractivity contribution >= 4 is 33.3 Å². The van der Waals surface area contributed by atoms with Crippen LogP contribution < -0.4 is 4.90 Å². The van der Waals surface area contributed by atoms with Crippen LogP contribution in [0.4, 0.5) is 5.13 Å². The van der Waals surface area contributed by atoms with E-state index in [1.165, 1.54) is 11.3 Å². The predicted molar refractivity (Wildman–Crippen MR) is 97.4 cm³/mol. The molecular formula is C18H21N3O2S. The number of carbonyl (C=O) groups excluding carboxylic acids is 1. The first-order valence-electron chi connectivity index (χ1n) is 7.98. The Balaban J connectivity index is 1.74. The molecule has 0 bridgehead atoms. The number of hydrogen-bond acceptors (Lipinski definition) is 5. The normalized spacial score (nSPS) is 12.7. The molecule has 0 aliphatic heterocycles. The molecule has 3 aromatic rings. The summed E-state index contributed by atoms with van der Waals surface area (Å²) >= 11 is 1.46. The van der Waals surface area contributed by atoms with Gasteiger partial charge < -0.3 is 4.42 Å². The molecule has 1 amide bonds. The van der Waals surface area contributed by atoms with Gasteiger partial charge in [0.25, 0.3) is 0 Å². The van der Waals surface area contributed by atoms with Crippen molar-refractivity contribution in [3.8, 4) is 0 Å². The van der Waals surface area contributed by atoms with Gasteiger partial charge in [0.15, 0.2) is 5.13 Å². The molecule has 126 valence electrons. The largest absolute Gasteiger partial charge is 0.459 e. The molecule has 2 heterocycles. The maximum atomic E-state index is 12.5. The Bertz CT molecular complexity index is 780. The van der Waals surface area contributed by atoms with Crippen molar-refractivity contribution in [1.82, 2.24) is 9.88 Å². The third-order valence-corrected chi connectivity index (χ3v) is 5.08. The lowest BCUT2D eigenvalue weighted by Crippen LogP contribution is -2.39. The first kappa shape index (κ1) is 16.7. The minimum absolute atomic E-state index is 0.0229. The van der Waals surface area contributed by atoms with Crippen LogP contribution in [0.25, 0.3) is 11.0 Å². The predicted octanol–water partition coefficient (Wildman–Crippen LogP) is 3.94. The van der Waals surface area contributed by atoms with Gasteiger partial charge in [0, 0.05) is 24.0 Å². The van der Waals surface area contributed by atoms with Crippen LogP contribution in [-0.4, -0.2) is 35.9 Å². The first-order valence-corrected chi connectivity index (χ1v) is 8.86. The minimum Gasteiger partial charge on any atom is -0.459 e. The van der Waals surface area contributed by atoms with Gasteiger partial charge >= 0.3 is 0 Å². The Morgan fingerprint density at radius 1 is 1.38 bits per heavy atom. The monoisotopic (exact) mass is 343 g/mol. The first-order chi connectivity index (χ1) is 11.6. The number of carbonyl (C=O) groups is 1. The summed E-state index contributed by atoms with van der Waals surface area (Å²) in [6.07, 6.45) is 1.71. The van der Waals surface area contributed by atoms with Gasteiger partial charge in [-0.25, -0.2) is 4.98 Å². The maximum Gasteiger partial charge on any atom is 0.242 e. The molecule has 2 aromatic heterocycles. The highest BCUT2D eigenvalue weighted by Crippen LogP contribution is 2.27. The number of para-hydroxylation sites is 1. The number of furan rings is 1. The lowest BCUT2D eigenvalue weighted by atomic mass is 10.2. The molecule has 5 nitrogen and oxygen atoms in total. The van der Waals surface area contributed by atoms with E-state index in [9.17, 15) is 4.79 Å². The molecule has 24 heavy (non-hydrogen) atoms. The fraction of sp³-hybridized carbons (Fsp3) is 0.333. The smallest absolute Gasteiger partial charge is 0.242 e. The Morgan fingerprint density at radius 3 is 2.83 bits per heavy atom. The topological polar surface area (TPSA) is 49.6 Å². The SMILES string of the molecule is CCN(CC(=O)N(C)c1nccs1)C(C)c1cc2ccccc2o1. The average Bonchev–Trinajstić information content (AvgIpc) is 3.27. The van der Waals surface area contributed by atoms with Crippen molar-refractivity contribution in [2.45, 2.75) is 19.9 Å². The molecule has 6 heteroatoms. The Kier molecular flexibility index (Phi) is 4.97. The Morgan fingerprint density at radius 2 is 2.17 bits per heavy atom. The summed E-state index contributed by atoms with van der Waals surface area (Å²) in [6, 6.07) is 10.0. The molecule has 0 fully saturated rings. The molecule has 1 atom stereocenters. The van der Waals surface area contributed by atoms with Gasteiger partial charge in [-0.05, 0) is 25.6 Å². The van der Waals surface area contributed by atoms with Gasteiger partial charge in [0.2, 0.25) is 5.91 Å². The molecule has 0 spiro atoms.